The summed E-state index contributed by atoms with van der Waals surface area (Å²) in [7, 11) is 0. The minimum absolute atomic E-state index is 0.0755. The number of nitrogens with one attached hydrogen (secondary N) is 1. The van der Waals surface area contributed by atoms with Crippen LogP contribution in [-0.2, 0) is 4.74 Å². The second-order valence-corrected chi connectivity index (χ2v) is 4.73. The Bertz CT molecular complexity index is 213. The summed E-state index contributed by atoms with van der Waals surface area (Å²) < 4.78 is 4.88. The average Bonchev–Trinajstić information content (AvgIpc) is 2.27. The van der Waals surface area contributed by atoms with Crippen LogP contribution in [0.25, 0.3) is 0 Å². The van der Waals surface area contributed by atoms with Crippen LogP contribution in [-0.4, -0.2) is 25.3 Å². The van der Waals surface area contributed by atoms with Crippen molar-refractivity contribution in [3.05, 3.63) is 0 Å². The van der Waals surface area contributed by atoms with Crippen molar-refractivity contribution in [3.8, 4) is 0 Å². The van der Waals surface area contributed by atoms with Crippen LogP contribution >= 0.6 is 0 Å². The number of carbonyl (C=O) groups excluding carboxylic acids is 1. The highest BCUT2D eigenvalue weighted by Crippen LogP contribution is 2.30. The van der Waals surface area contributed by atoms with Gasteiger partial charge in [-0.3, -0.25) is 0 Å². The monoisotopic (exact) mass is 228 g/mol. The van der Waals surface area contributed by atoms with E-state index in [-0.39, 0.29) is 12.1 Å². The van der Waals surface area contributed by atoms with E-state index in [2.05, 4.69) is 12.2 Å². The van der Waals surface area contributed by atoms with E-state index in [9.17, 15) is 4.79 Å². The lowest BCUT2D eigenvalue weighted by Gasteiger charge is -2.32. The maximum absolute atomic E-state index is 11.3. The largest absolute Gasteiger partial charge is 0.450 e. The first-order chi connectivity index (χ1) is 7.67. The zero-order valence-electron chi connectivity index (χ0n) is 10.4. The lowest BCUT2D eigenvalue weighted by atomic mass is 9.79. The van der Waals surface area contributed by atoms with E-state index in [1.54, 1.807) is 6.92 Å². The van der Waals surface area contributed by atoms with Crippen molar-refractivity contribution < 1.29 is 9.53 Å². The predicted molar refractivity (Wildman–Crippen MR) is 64.1 cm³/mol. The third kappa shape index (κ3) is 4.00. The third-order valence-electron chi connectivity index (χ3n) is 3.46. The van der Waals surface area contributed by atoms with E-state index in [0.717, 1.165) is 18.8 Å². The van der Waals surface area contributed by atoms with E-state index in [0.29, 0.717) is 19.1 Å². The Kier molecular flexibility index (Phi) is 5.60. The molecule has 1 atom stereocenters. The summed E-state index contributed by atoms with van der Waals surface area (Å²) in [5.74, 6) is 1.34. The standard InChI is InChI=1S/C12H24N2O2/c1-3-16-12(15)14-11(8-13)10-6-4-9(2)5-7-10/h9-11H,3-8,13H2,1-2H3,(H,14,15). The zero-order valence-corrected chi connectivity index (χ0v) is 10.4. The van der Waals surface area contributed by atoms with Gasteiger partial charge in [0.2, 0.25) is 0 Å². The number of hydrogen-bond donors (Lipinski definition) is 2. The first kappa shape index (κ1) is 13.3. The van der Waals surface area contributed by atoms with Gasteiger partial charge in [-0.05, 0) is 31.6 Å². The second-order valence-electron chi connectivity index (χ2n) is 4.73. The molecule has 94 valence electrons. The molecule has 1 amide bonds. The number of ether oxygens (including phenoxy) is 1. The van der Waals surface area contributed by atoms with E-state index in [4.69, 9.17) is 10.5 Å². The summed E-state index contributed by atoms with van der Waals surface area (Å²) >= 11 is 0. The van der Waals surface area contributed by atoms with Gasteiger partial charge in [0, 0.05) is 12.6 Å². The van der Waals surface area contributed by atoms with Crippen molar-refractivity contribution in [1.82, 2.24) is 5.32 Å². The van der Waals surface area contributed by atoms with Crippen LogP contribution in [0.3, 0.4) is 0 Å². The Morgan fingerprint density at radius 1 is 1.44 bits per heavy atom. The molecule has 1 aliphatic carbocycles. The fourth-order valence-corrected chi connectivity index (χ4v) is 2.38. The molecule has 0 aromatic heterocycles. The minimum atomic E-state index is -0.337. The SMILES string of the molecule is CCOC(=O)NC(CN)C1CCC(C)CC1. The van der Waals surface area contributed by atoms with Crippen LogP contribution < -0.4 is 11.1 Å². The first-order valence-corrected chi connectivity index (χ1v) is 6.30. The molecule has 1 rings (SSSR count). The molecule has 1 aliphatic rings. The van der Waals surface area contributed by atoms with E-state index >= 15 is 0 Å². The molecule has 0 radical (unpaired) electrons. The smallest absolute Gasteiger partial charge is 0.407 e. The molecule has 0 saturated heterocycles. The molecular formula is C12H24N2O2. The molecule has 16 heavy (non-hydrogen) atoms. The molecule has 1 fully saturated rings. The molecule has 0 spiro atoms. The number of amides is 1. The average molecular weight is 228 g/mol. The van der Waals surface area contributed by atoms with Gasteiger partial charge in [0.05, 0.1) is 6.61 Å². The second kappa shape index (κ2) is 6.74. The zero-order chi connectivity index (χ0) is 12.0. The topological polar surface area (TPSA) is 64.3 Å². The Morgan fingerprint density at radius 3 is 2.56 bits per heavy atom. The maximum atomic E-state index is 11.3. The third-order valence-corrected chi connectivity index (χ3v) is 3.46. The van der Waals surface area contributed by atoms with Crippen molar-refractivity contribution in [2.75, 3.05) is 13.2 Å². The Labute approximate surface area is 97.9 Å². The summed E-state index contributed by atoms with van der Waals surface area (Å²) in [4.78, 5) is 11.3. The lowest BCUT2D eigenvalue weighted by Crippen LogP contribution is -2.46. The van der Waals surface area contributed by atoms with Crippen LogP contribution in [0.2, 0.25) is 0 Å². The van der Waals surface area contributed by atoms with E-state index in [1.807, 2.05) is 0 Å². The van der Waals surface area contributed by atoms with Crippen molar-refractivity contribution in [3.63, 3.8) is 0 Å². The highest BCUT2D eigenvalue weighted by molar-refractivity contribution is 5.67. The van der Waals surface area contributed by atoms with Crippen LogP contribution in [0.4, 0.5) is 4.79 Å². The molecular weight excluding hydrogens is 204 g/mol. The van der Waals surface area contributed by atoms with Crippen LogP contribution in [0.5, 0.6) is 0 Å². The van der Waals surface area contributed by atoms with Crippen molar-refractivity contribution in [1.29, 1.82) is 0 Å². The molecule has 0 aliphatic heterocycles. The van der Waals surface area contributed by atoms with Gasteiger partial charge in [-0.2, -0.15) is 0 Å². The molecule has 1 saturated carbocycles. The van der Waals surface area contributed by atoms with Gasteiger partial charge in [-0.1, -0.05) is 19.8 Å². The molecule has 0 heterocycles. The van der Waals surface area contributed by atoms with E-state index in [1.165, 1.54) is 12.8 Å². The van der Waals surface area contributed by atoms with Crippen LogP contribution in [0.1, 0.15) is 39.5 Å². The highest BCUT2D eigenvalue weighted by atomic mass is 16.5. The van der Waals surface area contributed by atoms with Gasteiger partial charge in [-0.15, -0.1) is 0 Å². The maximum Gasteiger partial charge on any atom is 0.407 e. The molecule has 0 bridgehead atoms. The van der Waals surface area contributed by atoms with Crippen LogP contribution in [0.15, 0.2) is 0 Å². The number of hydrogen-bond acceptors (Lipinski definition) is 3. The van der Waals surface area contributed by atoms with Crippen molar-refractivity contribution in [2.45, 2.75) is 45.6 Å². The highest BCUT2D eigenvalue weighted by Gasteiger charge is 2.26. The molecule has 3 N–H and O–H groups in total. The normalized spacial score (nSPS) is 27.2. The summed E-state index contributed by atoms with van der Waals surface area (Å²) in [5.41, 5.74) is 5.71. The predicted octanol–water partition coefficient (Wildman–Crippen LogP) is 1.89. The van der Waals surface area contributed by atoms with Crippen LogP contribution in [0, 0.1) is 11.8 Å². The van der Waals surface area contributed by atoms with Gasteiger partial charge < -0.3 is 15.8 Å². The van der Waals surface area contributed by atoms with Gasteiger partial charge in [0.25, 0.3) is 0 Å². The van der Waals surface area contributed by atoms with Crippen molar-refractivity contribution in [2.24, 2.45) is 17.6 Å². The number of nitrogens with two attached hydrogens (primary N) is 1. The summed E-state index contributed by atoms with van der Waals surface area (Å²) in [6, 6.07) is 0.0755. The van der Waals surface area contributed by atoms with Gasteiger partial charge in [0.15, 0.2) is 0 Å². The molecule has 0 aromatic rings. The molecule has 4 nitrogen and oxygen atoms in total. The quantitative estimate of drug-likeness (QED) is 0.772. The fraction of sp³-hybridized carbons (Fsp3) is 0.917. The van der Waals surface area contributed by atoms with Crippen molar-refractivity contribution >= 4 is 6.09 Å². The summed E-state index contributed by atoms with van der Waals surface area (Å²) in [6.45, 7) is 4.99. The first-order valence-electron chi connectivity index (χ1n) is 6.30. The van der Waals surface area contributed by atoms with Gasteiger partial charge in [0.1, 0.15) is 0 Å². The molecule has 0 aromatic carbocycles. The molecule has 4 heteroatoms. The van der Waals surface area contributed by atoms with E-state index < -0.39 is 0 Å². The van der Waals surface area contributed by atoms with Gasteiger partial charge in [-0.25, -0.2) is 4.79 Å². The summed E-state index contributed by atoms with van der Waals surface area (Å²) in [5, 5.41) is 2.87. The Balaban J connectivity index is 2.38. The Hall–Kier alpha value is -0.770. The van der Waals surface area contributed by atoms with Gasteiger partial charge >= 0.3 is 6.09 Å². The number of alkyl carbamates (subject to hydrolysis) is 1. The fourth-order valence-electron chi connectivity index (χ4n) is 2.38. The number of carbonyl (C=O) groups is 1. The minimum Gasteiger partial charge on any atom is -0.450 e. The lowest BCUT2D eigenvalue weighted by molar-refractivity contribution is 0.139. The summed E-state index contributed by atoms with van der Waals surface area (Å²) in [6.07, 6.45) is 4.47. The molecule has 1 unspecified atom stereocenters. The number of rotatable bonds is 4. The Morgan fingerprint density at radius 2 is 2.06 bits per heavy atom.